The fourth-order valence-electron chi connectivity index (χ4n) is 5.50. The first-order valence-corrected chi connectivity index (χ1v) is 13.9. The summed E-state index contributed by atoms with van der Waals surface area (Å²) in [7, 11) is 1.64. The lowest BCUT2D eigenvalue weighted by Crippen LogP contribution is -2.51. The van der Waals surface area contributed by atoms with E-state index in [2.05, 4.69) is 4.90 Å². The van der Waals surface area contributed by atoms with Gasteiger partial charge in [0, 0.05) is 50.0 Å². The van der Waals surface area contributed by atoms with Crippen LogP contribution in [0, 0.1) is 18.6 Å². The van der Waals surface area contributed by atoms with Crippen LogP contribution in [0.4, 0.5) is 14.5 Å². The fraction of sp³-hybridized carbons (Fsp3) is 0.312. The average molecular weight is 576 g/mol. The lowest BCUT2D eigenvalue weighted by molar-refractivity contribution is 0.249. The van der Waals surface area contributed by atoms with Crippen molar-refractivity contribution in [3.05, 3.63) is 128 Å². The van der Waals surface area contributed by atoms with Gasteiger partial charge in [-0.05, 0) is 42.3 Å². The summed E-state index contributed by atoms with van der Waals surface area (Å²) in [4.78, 5) is 31.9. The van der Waals surface area contributed by atoms with Gasteiger partial charge >= 0.3 is 5.69 Å². The molecule has 0 amide bonds. The van der Waals surface area contributed by atoms with Gasteiger partial charge < -0.3 is 15.4 Å². The second kappa shape index (κ2) is 12.7. The molecule has 1 saturated heterocycles. The van der Waals surface area contributed by atoms with E-state index in [-0.39, 0.29) is 18.7 Å². The summed E-state index contributed by atoms with van der Waals surface area (Å²) in [5, 5.41) is 0. The molecule has 5 rings (SSSR count). The van der Waals surface area contributed by atoms with Gasteiger partial charge in [-0.15, -0.1) is 0 Å². The minimum atomic E-state index is -0.757. The summed E-state index contributed by atoms with van der Waals surface area (Å²) >= 11 is 0. The number of aromatic nitrogens is 2. The van der Waals surface area contributed by atoms with Gasteiger partial charge in [0.2, 0.25) is 0 Å². The quantitative estimate of drug-likeness (QED) is 0.328. The Labute approximate surface area is 243 Å². The summed E-state index contributed by atoms with van der Waals surface area (Å²) in [6.45, 7) is 4.39. The van der Waals surface area contributed by atoms with Crippen molar-refractivity contribution >= 4 is 5.69 Å². The van der Waals surface area contributed by atoms with Crippen LogP contribution < -0.4 is 26.6 Å². The number of rotatable bonds is 9. The predicted molar refractivity (Wildman–Crippen MR) is 159 cm³/mol. The summed E-state index contributed by atoms with van der Waals surface area (Å²) in [6.07, 6.45) is 0. The number of nitrogens with zero attached hydrogens (tertiary/aromatic N) is 4. The van der Waals surface area contributed by atoms with Crippen LogP contribution in [0.15, 0.2) is 82.4 Å². The number of halogens is 2. The molecule has 0 bridgehead atoms. The summed E-state index contributed by atoms with van der Waals surface area (Å²) in [5.41, 5.74) is 7.66. The molecular formula is C32H35F2N5O3. The molecule has 0 unspecified atom stereocenters. The third-order valence-electron chi connectivity index (χ3n) is 7.87. The van der Waals surface area contributed by atoms with Gasteiger partial charge in [0.05, 0.1) is 20.2 Å². The normalized spacial score (nSPS) is 14.6. The lowest BCUT2D eigenvalue weighted by Gasteiger charge is -2.37. The lowest BCUT2D eigenvalue weighted by atomic mass is 10.1. The zero-order valence-corrected chi connectivity index (χ0v) is 23.8. The first-order chi connectivity index (χ1) is 20.3. The first kappa shape index (κ1) is 29.2. The molecule has 42 heavy (non-hydrogen) atoms. The van der Waals surface area contributed by atoms with E-state index in [4.69, 9.17) is 10.5 Å². The Morgan fingerprint density at radius 1 is 0.857 bits per heavy atom. The average Bonchev–Trinajstić information content (AvgIpc) is 3.00. The molecule has 0 spiro atoms. The van der Waals surface area contributed by atoms with Gasteiger partial charge in [-0.25, -0.2) is 13.6 Å². The number of benzene rings is 3. The number of nitrogens with two attached hydrogens (primary N) is 1. The zero-order valence-electron chi connectivity index (χ0n) is 23.8. The van der Waals surface area contributed by atoms with Crippen LogP contribution >= 0.6 is 0 Å². The molecule has 0 aliphatic carbocycles. The maximum absolute atomic E-state index is 14.7. The van der Waals surface area contributed by atoms with Gasteiger partial charge in [-0.1, -0.05) is 48.5 Å². The summed E-state index contributed by atoms with van der Waals surface area (Å²) < 4.78 is 37.1. The topological polar surface area (TPSA) is 85.7 Å². The van der Waals surface area contributed by atoms with Crippen molar-refractivity contribution in [1.82, 2.24) is 14.0 Å². The van der Waals surface area contributed by atoms with Gasteiger partial charge in [0.25, 0.3) is 5.56 Å². The second-order valence-electron chi connectivity index (χ2n) is 10.6. The molecule has 2 heterocycles. The third kappa shape index (κ3) is 6.14. The Balaban J connectivity index is 1.48. The Hall–Kier alpha value is -4.28. The van der Waals surface area contributed by atoms with E-state index in [1.807, 2.05) is 59.5 Å². The third-order valence-corrected chi connectivity index (χ3v) is 7.87. The molecular weight excluding hydrogens is 540 g/mol. The van der Waals surface area contributed by atoms with E-state index >= 15 is 0 Å². The maximum atomic E-state index is 14.7. The monoisotopic (exact) mass is 575 g/mol. The van der Waals surface area contributed by atoms with Crippen molar-refractivity contribution < 1.29 is 13.5 Å². The number of methoxy groups -OCH3 is 1. The number of anilines is 1. The van der Waals surface area contributed by atoms with E-state index in [1.54, 1.807) is 14.0 Å². The minimum absolute atomic E-state index is 0.0789. The van der Waals surface area contributed by atoms with Crippen molar-refractivity contribution in [2.75, 3.05) is 38.2 Å². The molecule has 4 aromatic rings. The van der Waals surface area contributed by atoms with E-state index in [0.717, 1.165) is 40.1 Å². The van der Waals surface area contributed by atoms with Crippen LogP contribution in [-0.4, -0.2) is 47.3 Å². The molecule has 1 aromatic heterocycles. The number of ether oxygens (including phenoxy) is 1. The van der Waals surface area contributed by atoms with E-state index in [0.29, 0.717) is 37.6 Å². The van der Waals surface area contributed by atoms with Crippen molar-refractivity contribution in [3.63, 3.8) is 0 Å². The molecule has 10 heteroatoms. The Morgan fingerprint density at radius 2 is 1.52 bits per heavy atom. The fourth-order valence-corrected chi connectivity index (χ4v) is 5.50. The summed E-state index contributed by atoms with van der Waals surface area (Å²) in [5.74, 6) is -0.718. The molecule has 0 saturated carbocycles. The van der Waals surface area contributed by atoms with Gasteiger partial charge in [0.15, 0.2) is 0 Å². The Kier molecular flexibility index (Phi) is 8.84. The maximum Gasteiger partial charge on any atom is 0.331 e. The molecule has 220 valence electrons. The Bertz CT molecular complexity index is 1640. The number of piperazine rings is 1. The standard InChI is InChI=1S/C32H35F2N5O3/c1-22-30(37-16-14-36(15-17-37)19-23-8-6-11-25(18-23)42-2)31(40)39(21-29(35)24-9-4-3-5-10-24)32(41)38(22)20-26-27(33)12-7-13-28(26)34/h3-13,18,29H,14-17,19-21,35H2,1-2H3/t29-/m1/s1. The van der Waals surface area contributed by atoms with Crippen molar-refractivity contribution in [2.45, 2.75) is 32.6 Å². The SMILES string of the molecule is COc1cccc(CN2CCN(c3c(C)n(Cc4c(F)cccc4F)c(=O)n(C[C@@H](N)c4ccccc4)c3=O)CC2)c1. The highest BCUT2D eigenvalue weighted by Crippen LogP contribution is 2.21. The van der Waals surface area contributed by atoms with Crippen LogP contribution in [0.25, 0.3) is 0 Å². The van der Waals surface area contributed by atoms with Crippen molar-refractivity contribution in [1.29, 1.82) is 0 Å². The first-order valence-electron chi connectivity index (χ1n) is 13.9. The van der Waals surface area contributed by atoms with Gasteiger partial charge in [-0.3, -0.25) is 18.8 Å². The van der Waals surface area contributed by atoms with Gasteiger partial charge in [0.1, 0.15) is 23.1 Å². The van der Waals surface area contributed by atoms with E-state index in [9.17, 15) is 18.4 Å². The number of hydrogen-bond acceptors (Lipinski definition) is 6. The molecule has 8 nitrogen and oxygen atoms in total. The molecule has 1 aliphatic heterocycles. The zero-order chi connectivity index (χ0) is 29.8. The highest BCUT2D eigenvalue weighted by molar-refractivity contribution is 5.50. The van der Waals surface area contributed by atoms with Crippen LogP contribution in [0.5, 0.6) is 5.75 Å². The predicted octanol–water partition coefficient (Wildman–Crippen LogP) is 3.68. The number of hydrogen-bond donors (Lipinski definition) is 1. The highest BCUT2D eigenvalue weighted by atomic mass is 19.1. The molecule has 0 radical (unpaired) electrons. The molecule has 1 atom stereocenters. The molecule has 1 aliphatic rings. The molecule has 1 fully saturated rings. The van der Waals surface area contributed by atoms with Crippen LogP contribution in [0.2, 0.25) is 0 Å². The van der Waals surface area contributed by atoms with Crippen molar-refractivity contribution in [2.24, 2.45) is 5.73 Å². The van der Waals surface area contributed by atoms with Crippen LogP contribution in [0.3, 0.4) is 0 Å². The van der Waals surface area contributed by atoms with Gasteiger partial charge in [-0.2, -0.15) is 0 Å². The highest BCUT2D eigenvalue weighted by Gasteiger charge is 2.26. The smallest absolute Gasteiger partial charge is 0.331 e. The van der Waals surface area contributed by atoms with E-state index < -0.39 is 28.9 Å². The molecule has 2 N–H and O–H groups in total. The molecule has 3 aromatic carbocycles. The van der Waals surface area contributed by atoms with Crippen molar-refractivity contribution in [3.8, 4) is 5.75 Å². The van der Waals surface area contributed by atoms with Crippen LogP contribution in [-0.2, 0) is 19.6 Å². The Morgan fingerprint density at radius 3 is 2.19 bits per heavy atom. The van der Waals surface area contributed by atoms with Crippen LogP contribution in [0.1, 0.15) is 28.4 Å². The minimum Gasteiger partial charge on any atom is -0.497 e. The van der Waals surface area contributed by atoms with E-state index in [1.165, 1.54) is 10.6 Å². The largest absolute Gasteiger partial charge is 0.497 e. The summed E-state index contributed by atoms with van der Waals surface area (Å²) in [6, 6.07) is 20.1. The second-order valence-corrected chi connectivity index (χ2v) is 10.6.